The van der Waals surface area contributed by atoms with Crippen LogP contribution in [0, 0.1) is 10.1 Å². The van der Waals surface area contributed by atoms with Gasteiger partial charge in [-0.05, 0) is 32.0 Å². The number of rotatable bonds is 5. The molecule has 9 heteroatoms. The Balaban J connectivity index is 2.44. The van der Waals surface area contributed by atoms with Crippen LogP contribution in [0.5, 0.6) is 0 Å². The van der Waals surface area contributed by atoms with Crippen LogP contribution in [0.25, 0.3) is 0 Å². The SMILES string of the molecule is CNC1CCCN(c2ccc(S(=O)(=O)N(C)C)cc2[N+](=O)[O-])C1. The van der Waals surface area contributed by atoms with E-state index in [2.05, 4.69) is 5.32 Å². The van der Waals surface area contributed by atoms with E-state index >= 15 is 0 Å². The number of nitrogens with one attached hydrogen (secondary N) is 1. The van der Waals surface area contributed by atoms with Crippen LogP contribution in [0.3, 0.4) is 0 Å². The molecular formula is C14H22N4O4S. The maximum Gasteiger partial charge on any atom is 0.293 e. The molecule has 1 aromatic carbocycles. The van der Waals surface area contributed by atoms with Crippen LogP contribution in [0.1, 0.15) is 12.8 Å². The smallest absolute Gasteiger partial charge is 0.293 e. The van der Waals surface area contributed by atoms with E-state index in [0.29, 0.717) is 12.2 Å². The molecular weight excluding hydrogens is 320 g/mol. The monoisotopic (exact) mass is 342 g/mol. The molecule has 0 radical (unpaired) electrons. The van der Waals surface area contributed by atoms with E-state index in [1.54, 1.807) is 0 Å². The molecule has 128 valence electrons. The average molecular weight is 342 g/mol. The van der Waals surface area contributed by atoms with Crippen molar-refractivity contribution in [3.63, 3.8) is 0 Å². The first-order valence-corrected chi connectivity index (χ1v) is 8.84. The summed E-state index contributed by atoms with van der Waals surface area (Å²) in [5.41, 5.74) is 0.289. The van der Waals surface area contributed by atoms with Gasteiger partial charge in [-0.3, -0.25) is 10.1 Å². The number of sulfonamides is 1. The van der Waals surface area contributed by atoms with Crippen LogP contribution < -0.4 is 10.2 Å². The Hall–Kier alpha value is -1.71. The Morgan fingerprint density at radius 2 is 2.09 bits per heavy atom. The summed E-state index contributed by atoms with van der Waals surface area (Å²) >= 11 is 0. The second kappa shape index (κ2) is 6.81. The molecule has 1 saturated heterocycles. The van der Waals surface area contributed by atoms with Crippen molar-refractivity contribution >= 4 is 21.4 Å². The molecule has 0 bridgehead atoms. The van der Waals surface area contributed by atoms with Gasteiger partial charge in [-0.15, -0.1) is 0 Å². The van der Waals surface area contributed by atoms with E-state index in [4.69, 9.17) is 0 Å². The second-order valence-electron chi connectivity index (χ2n) is 5.77. The standard InChI is InChI=1S/C14H22N4O4S/c1-15-11-5-4-8-17(10-11)13-7-6-12(9-14(13)18(19)20)23(21,22)16(2)3/h6-7,9,11,15H,4-5,8,10H2,1-3H3. The summed E-state index contributed by atoms with van der Waals surface area (Å²) in [6.45, 7) is 1.38. The summed E-state index contributed by atoms with van der Waals surface area (Å²) in [5.74, 6) is 0. The third kappa shape index (κ3) is 3.62. The van der Waals surface area contributed by atoms with Crippen LogP contribution in [0.4, 0.5) is 11.4 Å². The highest BCUT2D eigenvalue weighted by Gasteiger charge is 2.28. The number of hydrogen-bond donors (Lipinski definition) is 1. The molecule has 0 amide bonds. The van der Waals surface area contributed by atoms with Crippen molar-refractivity contribution in [3.8, 4) is 0 Å². The van der Waals surface area contributed by atoms with E-state index < -0.39 is 14.9 Å². The van der Waals surface area contributed by atoms with Crippen molar-refractivity contribution in [1.29, 1.82) is 0 Å². The van der Waals surface area contributed by atoms with Gasteiger partial charge in [0, 0.05) is 39.3 Å². The number of hydrogen-bond acceptors (Lipinski definition) is 6. The first-order valence-electron chi connectivity index (χ1n) is 7.40. The van der Waals surface area contributed by atoms with Gasteiger partial charge in [0.2, 0.25) is 10.0 Å². The van der Waals surface area contributed by atoms with Crippen molar-refractivity contribution in [3.05, 3.63) is 28.3 Å². The van der Waals surface area contributed by atoms with E-state index in [1.807, 2.05) is 11.9 Å². The molecule has 0 saturated carbocycles. The molecule has 1 N–H and O–H groups in total. The van der Waals surface area contributed by atoms with Gasteiger partial charge in [0.25, 0.3) is 5.69 Å². The zero-order chi connectivity index (χ0) is 17.2. The van der Waals surface area contributed by atoms with Crippen LogP contribution in [-0.2, 0) is 10.0 Å². The Kier molecular flexibility index (Phi) is 5.23. The Morgan fingerprint density at radius 1 is 1.39 bits per heavy atom. The van der Waals surface area contributed by atoms with Gasteiger partial charge in [-0.1, -0.05) is 0 Å². The van der Waals surface area contributed by atoms with Gasteiger partial charge < -0.3 is 10.2 Å². The first kappa shape index (κ1) is 17.6. The molecule has 1 atom stereocenters. The zero-order valence-corrected chi connectivity index (χ0v) is 14.3. The lowest BCUT2D eigenvalue weighted by atomic mass is 10.0. The van der Waals surface area contributed by atoms with Gasteiger partial charge in [0.15, 0.2) is 0 Å². The van der Waals surface area contributed by atoms with E-state index in [9.17, 15) is 18.5 Å². The molecule has 0 aliphatic carbocycles. The fourth-order valence-corrected chi connectivity index (χ4v) is 3.64. The summed E-state index contributed by atoms with van der Waals surface area (Å²) in [6.07, 6.45) is 1.95. The minimum Gasteiger partial charge on any atom is -0.364 e. The summed E-state index contributed by atoms with van der Waals surface area (Å²) in [4.78, 5) is 12.8. The van der Waals surface area contributed by atoms with E-state index in [1.165, 1.54) is 26.2 Å². The number of nitro groups is 1. The van der Waals surface area contributed by atoms with E-state index in [0.717, 1.165) is 29.8 Å². The second-order valence-corrected chi connectivity index (χ2v) is 7.92. The molecule has 1 aromatic rings. The number of anilines is 1. The summed E-state index contributed by atoms with van der Waals surface area (Å²) in [7, 11) is 0.973. The fourth-order valence-electron chi connectivity index (χ4n) is 2.72. The third-order valence-electron chi connectivity index (χ3n) is 4.09. The predicted octanol–water partition coefficient (Wildman–Crippen LogP) is 1.03. The molecule has 1 fully saturated rings. The molecule has 2 rings (SSSR count). The lowest BCUT2D eigenvalue weighted by molar-refractivity contribution is -0.384. The van der Waals surface area contributed by atoms with Crippen LogP contribution in [-0.4, -0.2) is 57.9 Å². The maximum absolute atomic E-state index is 12.2. The van der Waals surface area contributed by atoms with Crippen molar-refractivity contribution in [2.24, 2.45) is 0 Å². The molecule has 1 aliphatic heterocycles. The maximum atomic E-state index is 12.2. The highest BCUT2D eigenvalue weighted by Crippen LogP contribution is 2.33. The number of likely N-dealkylation sites (N-methyl/N-ethyl adjacent to an activating group) is 1. The first-order chi connectivity index (χ1) is 10.8. The van der Waals surface area contributed by atoms with Gasteiger partial charge in [-0.25, -0.2) is 12.7 Å². The minimum atomic E-state index is -3.70. The van der Waals surface area contributed by atoms with Gasteiger partial charge in [-0.2, -0.15) is 0 Å². The highest BCUT2D eigenvalue weighted by molar-refractivity contribution is 7.89. The van der Waals surface area contributed by atoms with Crippen molar-refractivity contribution < 1.29 is 13.3 Å². The predicted molar refractivity (Wildman–Crippen MR) is 88.3 cm³/mol. The lowest BCUT2D eigenvalue weighted by Crippen LogP contribution is -2.44. The molecule has 1 aliphatic rings. The van der Waals surface area contributed by atoms with Crippen LogP contribution in [0.15, 0.2) is 23.1 Å². The third-order valence-corrected chi connectivity index (χ3v) is 5.90. The van der Waals surface area contributed by atoms with Crippen molar-refractivity contribution in [1.82, 2.24) is 9.62 Å². The van der Waals surface area contributed by atoms with E-state index in [-0.39, 0.29) is 16.6 Å². The molecule has 23 heavy (non-hydrogen) atoms. The molecule has 0 spiro atoms. The normalized spacial score (nSPS) is 19.1. The average Bonchev–Trinajstić information content (AvgIpc) is 2.54. The van der Waals surface area contributed by atoms with Crippen molar-refractivity contribution in [2.45, 2.75) is 23.8 Å². The van der Waals surface area contributed by atoms with Gasteiger partial charge >= 0.3 is 0 Å². The zero-order valence-electron chi connectivity index (χ0n) is 13.5. The highest BCUT2D eigenvalue weighted by atomic mass is 32.2. The van der Waals surface area contributed by atoms with Crippen LogP contribution >= 0.6 is 0 Å². The molecule has 1 heterocycles. The summed E-state index contributed by atoms with van der Waals surface area (Å²) in [6, 6.07) is 4.38. The van der Waals surface area contributed by atoms with Gasteiger partial charge in [0.05, 0.1) is 9.82 Å². The molecule has 1 unspecified atom stereocenters. The minimum absolute atomic E-state index is 0.0693. The fraction of sp³-hybridized carbons (Fsp3) is 0.571. The Labute approximate surface area is 136 Å². The van der Waals surface area contributed by atoms with Gasteiger partial charge in [0.1, 0.15) is 5.69 Å². The summed E-state index contributed by atoms with van der Waals surface area (Å²) in [5, 5.41) is 14.6. The number of benzene rings is 1. The quantitative estimate of drug-likeness (QED) is 0.634. The molecule has 8 nitrogen and oxygen atoms in total. The molecule has 0 aromatic heterocycles. The topological polar surface area (TPSA) is 95.8 Å². The Morgan fingerprint density at radius 3 is 2.65 bits per heavy atom. The summed E-state index contributed by atoms with van der Waals surface area (Å²) < 4.78 is 25.4. The number of piperidine rings is 1. The van der Waals surface area contributed by atoms with Crippen LogP contribution in [0.2, 0.25) is 0 Å². The van der Waals surface area contributed by atoms with Crippen molar-refractivity contribution in [2.75, 3.05) is 39.1 Å². The number of nitro benzene ring substituents is 1. The largest absolute Gasteiger partial charge is 0.364 e. The Bertz CT molecular complexity index is 690. The lowest BCUT2D eigenvalue weighted by Gasteiger charge is -2.34. The number of nitrogens with zero attached hydrogens (tertiary/aromatic N) is 3.